The third-order valence-corrected chi connectivity index (χ3v) is 3.13. The Labute approximate surface area is 153 Å². The molecule has 0 rings (SSSR count). The molecule has 0 amide bonds. The first kappa shape index (κ1) is 32.6. The van der Waals surface area contributed by atoms with E-state index in [2.05, 4.69) is 4.52 Å². The Morgan fingerprint density at radius 3 is 1.54 bits per heavy atom. The smallest absolute Gasteiger partial charge is 0.469 e. The molecule has 0 aromatic carbocycles. The van der Waals surface area contributed by atoms with Crippen molar-refractivity contribution in [2.45, 2.75) is 65.6 Å². The SMILES string of the molecule is C.C.C[C@@](O)(CCO)CC(=O)O.C[C@@](O)(CCOP(=O)(O)O)CC(=O)O. The average molecular weight is 408 g/mol. The summed E-state index contributed by atoms with van der Waals surface area (Å²) >= 11 is 0. The molecule has 160 valence electrons. The molecule has 0 spiro atoms. The van der Waals surface area contributed by atoms with Gasteiger partial charge in [-0.3, -0.25) is 14.1 Å². The van der Waals surface area contributed by atoms with E-state index >= 15 is 0 Å². The second kappa shape index (κ2) is 14.0. The van der Waals surface area contributed by atoms with Gasteiger partial charge in [-0.25, -0.2) is 4.57 Å². The zero-order chi connectivity index (χ0) is 19.6. The molecular formula is C14H33O11P. The molecule has 0 saturated carbocycles. The predicted molar refractivity (Wildman–Crippen MR) is 93.5 cm³/mol. The van der Waals surface area contributed by atoms with E-state index in [9.17, 15) is 19.3 Å². The average Bonchev–Trinajstić information content (AvgIpc) is 2.22. The maximum absolute atomic E-state index is 10.2. The van der Waals surface area contributed by atoms with E-state index in [1.165, 1.54) is 13.8 Å². The van der Waals surface area contributed by atoms with E-state index in [0.717, 1.165) is 0 Å². The molecule has 11 nitrogen and oxygen atoms in total. The van der Waals surface area contributed by atoms with Gasteiger partial charge in [0.15, 0.2) is 0 Å². The number of phosphoric acid groups is 1. The van der Waals surface area contributed by atoms with Gasteiger partial charge >= 0.3 is 19.8 Å². The van der Waals surface area contributed by atoms with Crippen LogP contribution in [0.25, 0.3) is 0 Å². The monoisotopic (exact) mass is 408 g/mol. The standard InChI is InChI=1S/C6H13O7P.C6H12O4.2CH4/c1-6(9,4-5(7)8)2-3-13-14(10,11)12;1-6(10,2-3-7)4-5(8)9;;/h9H,2-4H2,1H3,(H,7,8)(H2,10,11,12);7,10H,2-4H2,1H3,(H,8,9);2*1H4/t2*6-;;/m11../s1. The first-order valence-electron chi connectivity index (χ1n) is 6.79. The molecule has 0 aromatic heterocycles. The van der Waals surface area contributed by atoms with Crippen LogP contribution in [0.3, 0.4) is 0 Å². The Balaban J connectivity index is -0.000000181. The van der Waals surface area contributed by atoms with Gasteiger partial charge in [0.2, 0.25) is 0 Å². The number of aliphatic carboxylic acids is 2. The zero-order valence-corrected chi connectivity index (χ0v) is 14.3. The lowest BCUT2D eigenvalue weighted by Gasteiger charge is -2.20. The molecule has 0 unspecified atom stereocenters. The topological polar surface area (TPSA) is 202 Å². The van der Waals surface area contributed by atoms with Crippen molar-refractivity contribution in [3.63, 3.8) is 0 Å². The Bertz CT molecular complexity index is 442. The number of carbonyl (C=O) groups is 2. The van der Waals surface area contributed by atoms with Gasteiger partial charge in [-0.05, 0) is 20.3 Å². The Kier molecular flexibility index (Phi) is 17.6. The van der Waals surface area contributed by atoms with Crippen LogP contribution in [0.4, 0.5) is 0 Å². The minimum absolute atomic E-state index is 0. The fraction of sp³-hybridized carbons (Fsp3) is 0.857. The lowest BCUT2D eigenvalue weighted by atomic mass is 9.99. The first-order valence-corrected chi connectivity index (χ1v) is 8.32. The first-order chi connectivity index (χ1) is 10.6. The summed E-state index contributed by atoms with van der Waals surface area (Å²) in [5, 5.41) is 43.5. The molecule has 7 N–H and O–H groups in total. The fourth-order valence-corrected chi connectivity index (χ4v) is 1.78. The molecule has 0 bridgehead atoms. The minimum atomic E-state index is -4.54. The van der Waals surface area contributed by atoms with Gasteiger partial charge in [-0.15, -0.1) is 0 Å². The molecule has 0 heterocycles. The molecule has 0 aliphatic rings. The van der Waals surface area contributed by atoms with Gasteiger partial charge in [0.05, 0.1) is 30.7 Å². The van der Waals surface area contributed by atoms with Gasteiger partial charge in [0, 0.05) is 13.0 Å². The number of rotatable bonds is 10. The van der Waals surface area contributed by atoms with Crippen molar-refractivity contribution in [2.24, 2.45) is 0 Å². The van der Waals surface area contributed by atoms with Crippen LogP contribution >= 0.6 is 7.82 Å². The van der Waals surface area contributed by atoms with Gasteiger partial charge in [-0.1, -0.05) is 14.9 Å². The third-order valence-electron chi connectivity index (χ3n) is 2.61. The Morgan fingerprint density at radius 1 is 0.923 bits per heavy atom. The van der Waals surface area contributed by atoms with Crippen molar-refractivity contribution in [1.82, 2.24) is 0 Å². The number of aliphatic hydroxyl groups excluding tert-OH is 1. The van der Waals surface area contributed by atoms with Crippen LogP contribution in [0.15, 0.2) is 0 Å². The summed E-state index contributed by atoms with van der Waals surface area (Å²) in [5.74, 6) is -2.25. The maximum Gasteiger partial charge on any atom is 0.469 e. The number of aliphatic hydroxyl groups is 3. The molecule has 0 fully saturated rings. The molecule has 12 heteroatoms. The lowest BCUT2D eigenvalue weighted by Crippen LogP contribution is -2.29. The molecule has 26 heavy (non-hydrogen) atoms. The summed E-state index contributed by atoms with van der Waals surface area (Å²) in [6.07, 6.45) is -0.894. The number of hydrogen-bond acceptors (Lipinski definition) is 7. The Hall–Kier alpha value is -1.07. The lowest BCUT2D eigenvalue weighted by molar-refractivity contribution is -0.143. The molecule has 0 saturated heterocycles. The van der Waals surface area contributed by atoms with Crippen molar-refractivity contribution in [1.29, 1.82) is 0 Å². The largest absolute Gasteiger partial charge is 0.481 e. The molecule has 0 aliphatic carbocycles. The van der Waals surface area contributed by atoms with Crippen molar-refractivity contribution < 1.29 is 54.0 Å². The summed E-state index contributed by atoms with van der Waals surface area (Å²) in [4.78, 5) is 36.8. The van der Waals surface area contributed by atoms with E-state index in [0.29, 0.717) is 0 Å². The second-order valence-corrected chi connectivity index (χ2v) is 6.92. The van der Waals surface area contributed by atoms with E-state index < -0.39 is 44.0 Å². The van der Waals surface area contributed by atoms with E-state index in [1.54, 1.807) is 0 Å². The fourth-order valence-electron chi connectivity index (χ4n) is 1.45. The van der Waals surface area contributed by atoms with Gasteiger partial charge < -0.3 is 35.3 Å². The van der Waals surface area contributed by atoms with Crippen LogP contribution in [0.5, 0.6) is 0 Å². The highest BCUT2D eigenvalue weighted by Gasteiger charge is 2.25. The van der Waals surface area contributed by atoms with E-state index in [-0.39, 0.29) is 40.7 Å². The summed E-state index contributed by atoms with van der Waals surface area (Å²) in [5.41, 5.74) is -2.80. The van der Waals surface area contributed by atoms with Crippen LogP contribution in [0.2, 0.25) is 0 Å². The second-order valence-electron chi connectivity index (χ2n) is 5.68. The van der Waals surface area contributed by atoms with Gasteiger partial charge in [-0.2, -0.15) is 0 Å². The van der Waals surface area contributed by atoms with Crippen LogP contribution in [0, 0.1) is 0 Å². The summed E-state index contributed by atoms with van der Waals surface area (Å²) in [6.45, 7) is 2.05. The number of carboxylic acids is 2. The summed E-state index contributed by atoms with van der Waals surface area (Å²) < 4.78 is 14.3. The summed E-state index contributed by atoms with van der Waals surface area (Å²) in [6, 6.07) is 0. The van der Waals surface area contributed by atoms with Crippen LogP contribution < -0.4 is 0 Å². The van der Waals surface area contributed by atoms with Crippen LogP contribution in [-0.4, -0.2) is 71.7 Å². The quantitative estimate of drug-likeness (QED) is 0.249. The molecular weight excluding hydrogens is 375 g/mol. The van der Waals surface area contributed by atoms with E-state index in [1.807, 2.05) is 0 Å². The molecule has 2 atom stereocenters. The van der Waals surface area contributed by atoms with Gasteiger partial charge in [0.25, 0.3) is 0 Å². The third kappa shape index (κ3) is 25.2. The number of phosphoric ester groups is 1. The predicted octanol–water partition coefficient (Wildman–Crippen LogP) is 0.578. The molecule has 0 aliphatic heterocycles. The summed E-state index contributed by atoms with van der Waals surface area (Å²) in [7, 11) is -4.54. The zero-order valence-electron chi connectivity index (χ0n) is 13.5. The highest BCUT2D eigenvalue weighted by Crippen LogP contribution is 2.36. The molecule has 0 radical (unpaired) electrons. The van der Waals surface area contributed by atoms with Crippen LogP contribution in [0.1, 0.15) is 54.4 Å². The number of carboxylic acid groups (broad SMARTS) is 2. The van der Waals surface area contributed by atoms with Crippen molar-refractivity contribution in [2.75, 3.05) is 13.2 Å². The van der Waals surface area contributed by atoms with Crippen LogP contribution in [-0.2, 0) is 18.7 Å². The van der Waals surface area contributed by atoms with Crippen molar-refractivity contribution >= 4 is 19.8 Å². The molecule has 0 aromatic rings. The van der Waals surface area contributed by atoms with E-state index in [4.69, 9.17) is 30.2 Å². The minimum Gasteiger partial charge on any atom is -0.481 e. The highest BCUT2D eigenvalue weighted by molar-refractivity contribution is 7.46. The van der Waals surface area contributed by atoms with Crippen molar-refractivity contribution in [3.8, 4) is 0 Å². The van der Waals surface area contributed by atoms with Gasteiger partial charge in [0.1, 0.15) is 0 Å². The normalized spacial score (nSPS) is 15.0. The maximum atomic E-state index is 10.2. The number of hydrogen-bond donors (Lipinski definition) is 7. The Morgan fingerprint density at radius 2 is 1.27 bits per heavy atom. The van der Waals surface area contributed by atoms with Crippen molar-refractivity contribution in [3.05, 3.63) is 0 Å². The highest BCUT2D eigenvalue weighted by atomic mass is 31.2.